The van der Waals surface area contributed by atoms with Crippen molar-refractivity contribution in [2.24, 2.45) is 11.8 Å². The summed E-state index contributed by atoms with van der Waals surface area (Å²) in [5, 5.41) is 23.7. The monoisotopic (exact) mass is 624 g/mol. The predicted octanol–water partition coefficient (Wildman–Crippen LogP) is 2.71. The van der Waals surface area contributed by atoms with Crippen LogP contribution in [0.15, 0.2) is 23.3 Å². The Balaban J connectivity index is 2.26. The molecule has 0 amide bonds. The van der Waals surface area contributed by atoms with Gasteiger partial charge >= 0.3 is 23.9 Å². The molecule has 0 aromatic rings. The number of carbonyl (C=O) groups is 4. The van der Waals surface area contributed by atoms with Crippen molar-refractivity contribution in [3.63, 3.8) is 0 Å². The number of aliphatic hydroxyl groups is 2. The van der Waals surface area contributed by atoms with Crippen LogP contribution in [0.2, 0.25) is 0 Å². The third-order valence-corrected chi connectivity index (χ3v) is 9.40. The Labute approximate surface area is 259 Å². The van der Waals surface area contributed by atoms with Crippen LogP contribution in [0, 0.1) is 11.8 Å². The number of allylic oxidation sites excluding steroid dienone is 2. The lowest BCUT2D eigenvalue weighted by molar-refractivity contribution is -0.216. The lowest BCUT2D eigenvalue weighted by Gasteiger charge is -2.45. The van der Waals surface area contributed by atoms with E-state index in [4.69, 9.17) is 28.4 Å². The van der Waals surface area contributed by atoms with Gasteiger partial charge in [-0.2, -0.15) is 0 Å². The maximum Gasteiger partial charge on any atom is 0.333 e. The molecule has 0 bridgehead atoms. The van der Waals surface area contributed by atoms with Crippen LogP contribution < -0.4 is 0 Å². The molecular formula is C32H48O12. The van der Waals surface area contributed by atoms with Crippen molar-refractivity contribution in [1.82, 2.24) is 0 Å². The van der Waals surface area contributed by atoms with E-state index in [-0.39, 0.29) is 24.2 Å². The number of rotatable bonds is 9. The van der Waals surface area contributed by atoms with Crippen molar-refractivity contribution in [2.75, 3.05) is 6.61 Å². The van der Waals surface area contributed by atoms with Crippen LogP contribution in [-0.2, 0) is 47.6 Å². The quantitative estimate of drug-likeness (QED) is 0.167. The van der Waals surface area contributed by atoms with E-state index in [9.17, 15) is 29.4 Å². The Kier molecular flexibility index (Phi) is 10.8. The molecule has 248 valence electrons. The first kappa shape index (κ1) is 35.7. The summed E-state index contributed by atoms with van der Waals surface area (Å²) in [4.78, 5) is 51.9. The van der Waals surface area contributed by atoms with Crippen molar-refractivity contribution in [3.05, 3.63) is 23.3 Å². The largest absolute Gasteiger partial charge is 0.459 e. The average molecular weight is 625 g/mol. The fourth-order valence-corrected chi connectivity index (χ4v) is 5.58. The number of epoxide rings is 2. The van der Waals surface area contributed by atoms with Gasteiger partial charge in [-0.05, 0) is 61.3 Å². The van der Waals surface area contributed by atoms with Gasteiger partial charge in [0.25, 0.3) is 0 Å². The highest BCUT2D eigenvalue weighted by Gasteiger charge is 2.71. The number of ether oxygens (including phenoxy) is 6. The molecule has 0 spiro atoms. The summed E-state index contributed by atoms with van der Waals surface area (Å²) >= 11 is 0. The second-order valence-corrected chi connectivity index (χ2v) is 12.8. The van der Waals surface area contributed by atoms with Gasteiger partial charge in [-0.3, -0.25) is 9.59 Å². The molecule has 2 saturated heterocycles. The Bertz CT molecular complexity index is 1180. The summed E-state index contributed by atoms with van der Waals surface area (Å²) in [6.45, 7) is 16.0. The van der Waals surface area contributed by atoms with E-state index in [1.54, 1.807) is 47.6 Å². The van der Waals surface area contributed by atoms with E-state index in [1.165, 1.54) is 19.9 Å². The lowest BCUT2D eigenvalue weighted by atomic mass is 9.72. The van der Waals surface area contributed by atoms with Crippen molar-refractivity contribution < 1.29 is 57.8 Å². The standard InChI is InChI=1S/C32H48O12/c1-11-16(4)27(35)41-23-20(30(8)15-39-30)14-21(40-19(7)33)31(9,38)24(42-28(36)17(5)12-2)22(34)25-32(10,44-25)26(23)43-29(37)18(6)13-3/h12-13,16,20-26,34,38H,11,14-15H2,1-10H3/b17-12-,18-13-. The summed E-state index contributed by atoms with van der Waals surface area (Å²) in [6, 6.07) is 0. The van der Waals surface area contributed by atoms with Crippen LogP contribution in [-0.4, -0.2) is 94.1 Å². The summed E-state index contributed by atoms with van der Waals surface area (Å²) in [7, 11) is 0. The normalized spacial score (nSPS) is 39.7. The number of fused-ring (bicyclic) bond motifs is 1. The average Bonchev–Trinajstić information content (AvgIpc) is 3.89. The number of carbonyl (C=O) groups excluding carboxylic acids is 4. The second kappa shape index (κ2) is 13.3. The Hall–Kier alpha value is -2.80. The van der Waals surface area contributed by atoms with Gasteiger partial charge < -0.3 is 38.6 Å². The van der Waals surface area contributed by atoms with E-state index in [0.29, 0.717) is 6.42 Å². The first-order valence-electron chi connectivity index (χ1n) is 15.2. The van der Waals surface area contributed by atoms with Crippen molar-refractivity contribution in [1.29, 1.82) is 0 Å². The molecule has 1 aliphatic carbocycles. The number of esters is 4. The molecule has 0 radical (unpaired) electrons. The number of hydrogen-bond donors (Lipinski definition) is 2. The van der Waals surface area contributed by atoms with Crippen LogP contribution in [0.3, 0.4) is 0 Å². The van der Waals surface area contributed by atoms with Gasteiger partial charge in [-0.25, -0.2) is 9.59 Å². The fraction of sp³-hybridized carbons (Fsp3) is 0.750. The molecule has 2 heterocycles. The maximum atomic E-state index is 13.3. The van der Waals surface area contributed by atoms with E-state index < -0.39 is 89.1 Å². The van der Waals surface area contributed by atoms with Crippen molar-refractivity contribution >= 4 is 23.9 Å². The molecule has 44 heavy (non-hydrogen) atoms. The fourth-order valence-electron chi connectivity index (χ4n) is 5.58. The SMILES string of the molecule is C/C=C(/C)C(=O)OC1C(O)C2OC2(C)C(OC(=O)/C(C)=C\C)C(OC(=O)C(C)CC)C(C2(C)CO2)CC(OC(C)=O)C1(C)O. The van der Waals surface area contributed by atoms with Crippen LogP contribution in [0.1, 0.15) is 82.1 Å². The number of hydrogen-bond acceptors (Lipinski definition) is 12. The summed E-state index contributed by atoms with van der Waals surface area (Å²) in [5.74, 6) is -4.13. The maximum absolute atomic E-state index is 13.3. The molecule has 12 heteroatoms. The molecule has 12 nitrogen and oxygen atoms in total. The third-order valence-electron chi connectivity index (χ3n) is 9.40. The van der Waals surface area contributed by atoms with Crippen LogP contribution in [0.25, 0.3) is 0 Å². The Morgan fingerprint density at radius 2 is 1.45 bits per heavy atom. The Morgan fingerprint density at radius 1 is 0.932 bits per heavy atom. The molecular weight excluding hydrogens is 576 g/mol. The third kappa shape index (κ3) is 7.19. The molecule has 3 aliphatic rings. The van der Waals surface area contributed by atoms with Gasteiger partial charge in [0.2, 0.25) is 0 Å². The van der Waals surface area contributed by atoms with Crippen molar-refractivity contribution in [3.8, 4) is 0 Å². The molecule has 2 N–H and O–H groups in total. The molecule has 1 saturated carbocycles. The van der Waals surface area contributed by atoms with E-state index in [2.05, 4.69) is 0 Å². The molecule has 0 aromatic carbocycles. The summed E-state index contributed by atoms with van der Waals surface area (Å²) in [6.07, 6.45) is -4.99. The van der Waals surface area contributed by atoms with Gasteiger partial charge in [0.1, 0.15) is 35.6 Å². The first-order valence-corrected chi connectivity index (χ1v) is 15.2. The Morgan fingerprint density at radius 3 is 1.91 bits per heavy atom. The molecule has 3 fully saturated rings. The van der Waals surface area contributed by atoms with Gasteiger partial charge in [0.05, 0.1) is 18.1 Å². The van der Waals surface area contributed by atoms with E-state index in [1.807, 2.05) is 6.92 Å². The highest BCUT2D eigenvalue weighted by atomic mass is 16.7. The molecule has 3 rings (SSSR count). The van der Waals surface area contributed by atoms with Gasteiger partial charge in [0, 0.05) is 24.0 Å². The molecule has 11 atom stereocenters. The second-order valence-electron chi connectivity index (χ2n) is 12.8. The minimum absolute atomic E-state index is 0.178. The van der Waals surface area contributed by atoms with Crippen LogP contribution in [0.4, 0.5) is 0 Å². The van der Waals surface area contributed by atoms with Gasteiger partial charge in [-0.1, -0.05) is 26.0 Å². The molecule has 11 unspecified atom stereocenters. The number of aliphatic hydroxyl groups excluding tert-OH is 1. The highest BCUT2D eigenvalue weighted by molar-refractivity contribution is 5.88. The topological polar surface area (TPSA) is 171 Å². The molecule has 2 aliphatic heterocycles. The zero-order valence-corrected chi connectivity index (χ0v) is 27.4. The minimum Gasteiger partial charge on any atom is -0.459 e. The minimum atomic E-state index is -2.17. The van der Waals surface area contributed by atoms with Gasteiger partial charge in [-0.15, -0.1) is 0 Å². The zero-order valence-electron chi connectivity index (χ0n) is 27.4. The summed E-state index contributed by atoms with van der Waals surface area (Å²) in [5.41, 5.74) is -4.05. The van der Waals surface area contributed by atoms with Crippen LogP contribution >= 0.6 is 0 Å². The van der Waals surface area contributed by atoms with E-state index in [0.717, 1.165) is 6.92 Å². The van der Waals surface area contributed by atoms with Crippen molar-refractivity contribution in [2.45, 2.75) is 136 Å². The van der Waals surface area contributed by atoms with E-state index >= 15 is 0 Å². The van der Waals surface area contributed by atoms with Crippen LogP contribution in [0.5, 0.6) is 0 Å². The smallest absolute Gasteiger partial charge is 0.333 e. The van der Waals surface area contributed by atoms with Gasteiger partial charge in [0.15, 0.2) is 12.2 Å². The summed E-state index contributed by atoms with van der Waals surface area (Å²) < 4.78 is 35.4. The predicted molar refractivity (Wildman–Crippen MR) is 156 cm³/mol. The zero-order chi connectivity index (χ0) is 33.4. The highest BCUT2D eigenvalue weighted by Crippen LogP contribution is 2.53. The molecule has 0 aromatic heterocycles. The lowest BCUT2D eigenvalue weighted by Crippen LogP contribution is -2.63. The first-order chi connectivity index (χ1) is 20.4.